The van der Waals surface area contributed by atoms with Gasteiger partial charge in [0.15, 0.2) is 0 Å². The Morgan fingerprint density at radius 3 is 2.68 bits per heavy atom. The fraction of sp³-hybridized carbons (Fsp3) is 0.500. The van der Waals surface area contributed by atoms with Crippen LogP contribution in [0.25, 0.3) is 0 Å². The third-order valence-electron chi connectivity index (χ3n) is 5.44. The molecule has 0 spiro atoms. The molecule has 1 nitrogen and oxygen atoms in total. The Kier molecular flexibility index (Phi) is 5.74. The van der Waals surface area contributed by atoms with Gasteiger partial charge in [-0.05, 0) is 68.1 Å². The minimum atomic E-state index is 0.436. The first kappa shape index (κ1) is 17.1. The normalized spacial score (nSPS) is 25.2. The molecule has 2 unspecified atom stereocenters. The molecular weight excluding hydrogens is 290 g/mol. The number of rotatable bonds is 7. The Hall–Kier alpha value is -1.21. The summed E-state index contributed by atoms with van der Waals surface area (Å²) in [5, 5.41) is 4.23. The summed E-state index contributed by atoms with van der Waals surface area (Å²) < 4.78 is 0. The van der Waals surface area contributed by atoms with Gasteiger partial charge >= 0.3 is 0 Å². The molecule has 0 heterocycles. The fourth-order valence-electron chi connectivity index (χ4n) is 3.53. The summed E-state index contributed by atoms with van der Waals surface area (Å²) in [6.07, 6.45) is 6.86. The molecular formula is C20H28ClN. The number of nitrogens with one attached hydrogen (secondary N) is 1. The molecule has 120 valence electrons. The van der Waals surface area contributed by atoms with Gasteiger partial charge in [-0.2, -0.15) is 0 Å². The molecule has 1 aromatic rings. The lowest BCUT2D eigenvalue weighted by molar-refractivity contribution is 0.0346. The monoisotopic (exact) mass is 317 g/mol. The summed E-state index contributed by atoms with van der Waals surface area (Å²) in [6, 6.07) is 8.79. The van der Waals surface area contributed by atoms with E-state index >= 15 is 0 Å². The molecule has 1 saturated carbocycles. The average molecular weight is 318 g/mol. The van der Waals surface area contributed by atoms with Crippen LogP contribution in [-0.2, 0) is 6.42 Å². The van der Waals surface area contributed by atoms with Gasteiger partial charge in [-0.1, -0.05) is 49.4 Å². The highest BCUT2D eigenvalue weighted by atomic mass is 35.5. The van der Waals surface area contributed by atoms with Crippen LogP contribution in [0.2, 0.25) is 0 Å². The molecule has 0 saturated heterocycles. The van der Waals surface area contributed by atoms with E-state index in [4.69, 9.17) is 11.6 Å². The van der Waals surface area contributed by atoms with Crippen LogP contribution < -0.4 is 5.32 Å². The predicted molar refractivity (Wildman–Crippen MR) is 97.1 cm³/mol. The molecule has 0 aromatic heterocycles. The van der Waals surface area contributed by atoms with Crippen LogP contribution >= 0.6 is 11.6 Å². The highest BCUT2D eigenvalue weighted by molar-refractivity contribution is 6.29. The van der Waals surface area contributed by atoms with Gasteiger partial charge in [-0.15, -0.1) is 0 Å². The Labute approximate surface area is 140 Å². The lowest BCUT2D eigenvalue weighted by atomic mass is 9.56. The SMILES string of the molecule is C=C/C(NCCC1(Cc2ccccc2C)CCC1C)=C(\C)Cl. The first-order chi connectivity index (χ1) is 10.5. The minimum absolute atomic E-state index is 0.436. The molecule has 1 aliphatic carbocycles. The molecule has 0 aliphatic heterocycles. The van der Waals surface area contributed by atoms with Crippen LogP contribution in [0.15, 0.2) is 47.6 Å². The standard InChI is InChI=1S/C20H28ClN/c1-5-19(17(4)21)22-13-12-20(11-10-16(20)3)14-18-9-7-6-8-15(18)2/h5-9,16,22H,1,10-14H2,2-4H3/b19-17-. The molecule has 0 amide bonds. The van der Waals surface area contributed by atoms with Gasteiger partial charge < -0.3 is 5.32 Å². The van der Waals surface area contributed by atoms with Crippen LogP contribution in [0.4, 0.5) is 0 Å². The van der Waals surface area contributed by atoms with E-state index in [1.165, 1.54) is 36.8 Å². The van der Waals surface area contributed by atoms with Gasteiger partial charge in [-0.3, -0.25) is 0 Å². The summed E-state index contributed by atoms with van der Waals surface area (Å²) >= 11 is 6.07. The smallest absolute Gasteiger partial charge is 0.0478 e. The van der Waals surface area contributed by atoms with E-state index in [9.17, 15) is 0 Å². The highest BCUT2D eigenvalue weighted by Gasteiger charge is 2.43. The number of aryl methyl sites for hydroxylation is 1. The van der Waals surface area contributed by atoms with Crippen molar-refractivity contribution in [2.24, 2.45) is 11.3 Å². The predicted octanol–water partition coefficient (Wildman–Crippen LogP) is 5.59. The lowest BCUT2D eigenvalue weighted by Crippen LogP contribution is -2.42. The van der Waals surface area contributed by atoms with Gasteiger partial charge in [0.1, 0.15) is 0 Å². The van der Waals surface area contributed by atoms with Gasteiger partial charge in [0.05, 0.1) is 0 Å². The van der Waals surface area contributed by atoms with Crippen molar-refractivity contribution >= 4 is 11.6 Å². The average Bonchev–Trinajstić information content (AvgIpc) is 2.50. The van der Waals surface area contributed by atoms with Gasteiger partial charge in [0.25, 0.3) is 0 Å². The number of hydrogen-bond acceptors (Lipinski definition) is 1. The maximum atomic E-state index is 6.07. The molecule has 1 aromatic carbocycles. The Balaban J connectivity index is 2.02. The van der Waals surface area contributed by atoms with Gasteiger partial charge in [0, 0.05) is 17.3 Å². The number of benzene rings is 1. The summed E-state index contributed by atoms with van der Waals surface area (Å²) in [5.74, 6) is 0.794. The van der Waals surface area contributed by atoms with Crippen LogP contribution in [0.5, 0.6) is 0 Å². The van der Waals surface area contributed by atoms with Crippen molar-refractivity contribution < 1.29 is 0 Å². The van der Waals surface area contributed by atoms with Gasteiger partial charge in [0.2, 0.25) is 0 Å². The third kappa shape index (κ3) is 3.76. The fourth-order valence-corrected chi connectivity index (χ4v) is 3.68. The molecule has 22 heavy (non-hydrogen) atoms. The molecule has 2 rings (SSSR count). The maximum Gasteiger partial charge on any atom is 0.0478 e. The van der Waals surface area contributed by atoms with Crippen molar-refractivity contribution in [3.05, 3.63) is 58.8 Å². The second-order valence-electron chi connectivity index (χ2n) is 6.73. The minimum Gasteiger partial charge on any atom is -0.384 e. The largest absolute Gasteiger partial charge is 0.384 e. The van der Waals surface area contributed by atoms with Crippen molar-refractivity contribution in [3.63, 3.8) is 0 Å². The van der Waals surface area contributed by atoms with Crippen LogP contribution in [0.1, 0.15) is 44.2 Å². The van der Waals surface area contributed by atoms with E-state index in [1.807, 2.05) is 6.92 Å². The molecule has 0 bridgehead atoms. The van der Waals surface area contributed by atoms with Crippen molar-refractivity contribution in [1.29, 1.82) is 0 Å². The molecule has 1 N–H and O–H groups in total. The van der Waals surface area contributed by atoms with E-state index in [1.54, 1.807) is 6.08 Å². The molecule has 2 heteroatoms. The number of allylic oxidation sites excluding steroid dienone is 2. The summed E-state index contributed by atoms with van der Waals surface area (Å²) in [5.41, 5.74) is 4.31. The van der Waals surface area contributed by atoms with E-state index in [2.05, 4.69) is 50.0 Å². The second-order valence-corrected chi connectivity index (χ2v) is 7.30. The van der Waals surface area contributed by atoms with Crippen molar-refractivity contribution in [1.82, 2.24) is 5.32 Å². The first-order valence-corrected chi connectivity index (χ1v) is 8.63. The zero-order valence-corrected chi connectivity index (χ0v) is 14.8. The maximum absolute atomic E-state index is 6.07. The first-order valence-electron chi connectivity index (χ1n) is 8.26. The molecule has 1 fully saturated rings. The van der Waals surface area contributed by atoms with Crippen LogP contribution in [0, 0.1) is 18.3 Å². The lowest BCUT2D eigenvalue weighted by Gasteiger charge is -2.49. The van der Waals surface area contributed by atoms with Crippen LogP contribution in [-0.4, -0.2) is 6.54 Å². The molecule has 0 radical (unpaired) electrons. The molecule has 1 aliphatic rings. The van der Waals surface area contributed by atoms with Crippen molar-refractivity contribution in [2.75, 3.05) is 6.54 Å². The third-order valence-corrected chi connectivity index (χ3v) is 5.64. The Morgan fingerprint density at radius 2 is 2.18 bits per heavy atom. The van der Waals surface area contributed by atoms with E-state index in [0.29, 0.717) is 5.41 Å². The number of halogens is 1. The quantitative estimate of drug-likeness (QED) is 0.646. The second kappa shape index (κ2) is 7.37. The topological polar surface area (TPSA) is 12.0 Å². The van der Waals surface area contributed by atoms with E-state index in [0.717, 1.165) is 23.2 Å². The van der Waals surface area contributed by atoms with Crippen molar-refractivity contribution in [3.8, 4) is 0 Å². The zero-order valence-electron chi connectivity index (χ0n) is 14.1. The zero-order chi connectivity index (χ0) is 16.2. The van der Waals surface area contributed by atoms with E-state index in [-0.39, 0.29) is 0 Å². The van der Waals surface area contributed by atoms with E-state index < -0.39 is 0 Å². The highest BCUT2D eigenvalue weighted by Crippen LogP contribution is 2.51. The summed E-state index contributed by atoms with van der Waals surface area (Å²) in [4.78, 5) is 0. The molecule has 2 atom stereocenters. The Bertz CT molecular complexity index is 557. The van der Waals surface area contributed by atoms with Crippen molar-refractivity contribution in [2.45, 2.75) is 46.5 Å². The van der Waals surface area contributed by atoms with Gasteiger partial charge in [-0.25, -0.2) is 0 Å². The summed E-state index contributed by atoms with van der Waals surface area (Å²) in [6.45, 7) is 11.3. The number of hydrogen-bond donors (Lipinski definition) is 1. The van der Waals surface area contributed by atoms with Crippen LogP contribution in [0.3, 0.4) is 0 Å². The Morgan fingerprint density at radius 1 is 1.45 bits per heavy atom. The summed E-state index contributed by atoms with van der Waals surface area (Å²) in [7, 11) is 0.